The summed E-state index contributed by atoms with van der Waals surface area (Å²) in [6.07, 6.45) is 0. The maximum absolute atomic E-state index is 12.3. The van der Waals surface area contributed by atoms with E-state index in [1.807, 2.05) is 19.2 Å². The number of carbonyl (C=O) groups excluding carboxylic acids is 2. The molecule has 0 aliphatic heterocycles. The molecule has 122 valence electrons. The maximum atomic E-state index is 12.3. The summed E-state index contributed by atoms with van der Waals surface area (Å²) in [5.41, 5.74) is 1.33. The number of aryl methyl sites for hydroxylation is 1. The molecule has 0 bridgehead atoms. The van der Waals surface area contributed by atoms with Crippen LogP contribution >= 0.6 is 11.3 Å². The summed E-state index contributed by atoms with van der Waals surface area (Å²) in [7, 11) is 1.55. The number of amides is 2. The molecular formula is C16H19N3O3S. The molecule has 23 heavy (non-hydrogen) atoms. The SMILES string of the molecule is CCNC(=O)Cn1c(C)csc1=NC(=O)c1cccc(OC)c1. The van der Waals surface area contributed by atoms with Crippen LogP contribution in [0.15, 0.2) is 34.6 Å². The monoisotopic (exact) mass is 333 g/mol. The maximum Gasteiger partial charge on any atom is 0.279 e. The van der Waals surface area contributed by atoms with Crippen molar-refractivity contribution >= 4 is 23.2 Å². The molecule has 0 fully saturated rings. The molecule has 6 nitrogen and oxygen atoms in total. The summed E-state index contributed by atoms with van der Waals surface area (Å²) >= 11 is 1.33. The van der Waals surface area contributed by atoms with Crippen LogP contribution in [-0.2, 0) is 11.3 Å². The van der Waals surface area contributed by atoms with E-state index in [1.54, 1.807) is 35.9 Å². The van der Waals surface area contributed by atoms with E-state index in [0.29, 0.717) is 22.7 Å². The number of aromatic nitrogens is 1. The molecule has 2 rings (SSSR count). The predicted molar refractivity (Wildman–Crippen MR) is 88.6 cm³/mol. The second-order valence-corrected chi connectivity index (χ2v) is 5.68. The van der Waals surface area contributed by atoms with Crippen molar-refractivity contribution in [3.63, 3.8) is 0 Å². The molecular weight excluding hydrogens is 314 g/mol. The van der Waals surface area contributed by atoms with Crippen LogP contribution in [0.1, 0.15) is 23.0 Å². The molecule has 0 radical (unpaired) electrons. The van der Waals surface area contributed by atoms with Crippen molar-refractivity contribution in [2.45, 2.75) is 20.4 Å². The molecule has 0 aliphatic rings. The molecule has 0 unspecified atom stereocenters. The van der Waals surface area contributed by atoms with E-state index >= 15 is 0 Å². The smallest absolute Gasteiger partial charge is 0.279 e. The summed E-state index contributed by atoms with van der Waals surface area (Å²) in [4.78, 5) is 28.8. The van der Waals surface area contributed by atoms with E-state index in [0.717, 1.165) is 5.69 Å². The van der Waals surface area contributed by atoms with Crippen LogP contribution in [-0.4, -0.2) is 30.0 Å². The molecule has 0 saturated heterocycles. The Bertz CT molecular complexity index is 777. The molecule has 0 saturated carbocycles. The summed E-state index contributed by atoms with van der Waals surface area (Å²) in [5, 5.41) is 4.61. The first-order valence-electron chi connectivity index (χ1n) is 7.20. The molecule has 1 aromatic heterocycles. The van der Waals surface area contributed by atoms with Crippen LogP contribution < -0.4 is 14.9 Å². The third-order valence-electron chi connectivity index (χ3n) is 3.18. The molecule has 7 heteroatoms. The van der Waals surface area contributed by atoms with Gasteiger partial charge in [0.05, 0.1) is 7.11 Å². The standard InChI is InChI=1S/C16H19N3O3S/c1-4-17-14(20)9-19-11(2)10-23-16(19)18-15(21)12-6-5-7-13(8-12)22-3/h5-8,10H,4,9H2,1-3H3,(H,17,20). The van der Waals surface area contributed by atoms with Gasteiger partial charge in [0.1, 0.15) is 12.3 Å². The topological polar surface area (TPSA) is 72.7 Å². The number of thiazole rings is 1. The van der Waals surface area contributed by atoms with Gasteiger partial charge >= 0.3 is 0 Å². The summed E-state index contributed by atoms with van der Waals surface area (Å²) < 4.78 is 6.84. The van der Waals surface area contributed by atoms with Gasteiger partial charge in [0.25, 0.3) is 5.91 Å². The summed E-state index contributed by atoms with van der Waals surface area (Å²) in [6, 6.07) is 6.83. The van der Waals surface area contributed by atoms with E-state index in [-0.39, 0.29) is 18.4 Å². The highest BCUT2D eigenvalue weighted by Gasteiger charge is 2.10. The number of benzene rings is 1. The first kappa shape index (κ1) is 17.0. The zero-order chi connectivity index (χ0) is 16.8. The normalized spacial score (nSPS) is 11.3. The number of hydrogen-bond acceptors (Lipinski definition) is 4. The van der Waals surface area contributed by atoms with Gasteiger partial charge < -0.3 is 14.6 Å². The largest absolute Gasteiger partial charge is 0.497 e. The lowest BCUT2D eigenvalue weighted by molar-refractivity contribution is -0.121. The van der Waals surface area contributed by atoms with E-state index in [2.05, 4.69) is 10.3 Å². The number of hydrogen-bond donors (Lipinski definition) is 1. The zero-order valence-electron chi connectivity index (χ0n) is 13.3. The van der Waals surface area contributed by atoms with Crippen LogP contribution in [0.5, 0.6) is 5.75 Å². The Hall–Kier alpha value is -2.41. The molecule has 1 heterocycles. The Morgan fingerprint density at radius 3 is 2.87 bits per heavy atom. The second-order valence-electron chi connectivity index (χ2n) is 4.85. The molecule has 2 amide bonds. The van der Waals surface area contributed by atoms with Gasteiger partial charge in [-0.2, -0.15) is 4.99 Å². The van der Waals surface area contributed by atoms with E-state index < -0.39 is 0 Å². The van der Waals surface area contributed by atoms with E-state index in [4.69, 9.17) is 4.74 Å². The van der Waals surface area contributed by atoms with Gasteiger partial charge in [0.2, 0.25) is 5.91 Å². The minimum absolute atomic E-state index is 0.107. The number of nitrogens with one attached hydrogen (secondary N) is 1. The van der Waals surface area contributed by atoms with Crippen LogP contribution in [0.2, 0.25) is 0 Å². The first-order chi connectivity index (χ1) is 11.0. The Labute approximate surface area is 138 Å². The number of rotatable bonds is 5. The van der Waals surface area contributed by atoms with Crippen molar-refractivity contribution in [1.29, 1.82) is 0 Å². The van der Waals surface area contributed by atoms with Crippen LogP contribution in [0, 0.1) is 6.92 Å². The molecule has 0 aliphatic carbocycles. The lowest BCUT2D eigenvalue weighted by Gasteiger charge is -2.06. The van der Waals surface area contributed by atoms with Crippen molar-refractivity contribution in [3.05, 3.63) is 45.7 Å². The van der Waals surface area contributed by atoms with Gasteiger partial charge in [-0.3, -0.25) is 9.59 Å². The van der Waals surface area contributed by atoms with Crippen LogP contribution in [0.3, 0.4) is 0 Å². The quantitative estimate of drug-likeness (QED) is 0.906. The number of ether oxygens (including phenoxy) is 1. The van der Waals surface area contributed by atoms with Crippen molar-refractivity contribution < 1.29 is 14.3 Å². The summed E-state index contributed by atoms with van der Waals surface area (Å²) in [6.45, 7) is 4.45. The van der Waals surface area contributed by atoms with Gasteiger partial charge in [-0.05, 0) is 32.0 Å². The number of carbonyl (C=O) groups is 2. The highest BCUT2D eigenvalue weighted by atomic mass is 32.1. The molecule has 0 spiro atoms. The van der Waals surface area contributed by atoms with Crippen LogP contribution in [0.4, 0.5) is 0 Å². The molecule has 1 N–H and O–H groups in total. The van der Waals surface area contributed by atoms with E-state index in [9.17, 15) is 9.59 Å². The zero-order valence-corrected chi connectivity index (χ0v) is 14.1. The number of nitrogens with zero attached hydrogens (tertiary/aromatic N) is 2. The fourth-order valence-electron chi connectivity index (χ4n) is 2.00. The average molecular weight is 333 g/mol. The number of methoxy groups -OCH3 is 1. The highest BCUT2D eigenvalue weighted by molar-refractivity contribution is 7.07. The predicted octanol–water partition coefficient (Wildman–Crippen LogP) is 1.74. The summed E-state index contributed by atoms with van der Waals surface area (Å²) in [5.74, 6) is 0.128. The molecule has 2 aromatic rings. The van der Waals surface area contributed by atoms with Gasteiger partial charge in [0.15, 0.2) is 4.80 Å². The fourth-order valence-corrected chi connectivity index (χ4v) is 2.87. The van der Waals surface area contributed by atoms with Crippen molar-refractivity contribution in [3.8, 4) is 5.75 Å². The average Bonchev–Trinajstić information content (AvgIpc) is 2.88. The van der Waals surface area contributed by atoms with Crippen molar-refractivity contribution in [1.82, 2.24) is 9.88 Å². The van der Waals surface area contributed by atoms with Crippen molar-refractivity contribution in [2.75, 3.05) is 13.7 Å². The minimum Gasteiger partial charge on any atom is -0.497 e. The fraction of sp³-hybridized carbons (Fsp3) is 0.312. The lowest BCUT2D eigenvalue weighted by atomic mass is 10.2. The Morgan fingerprint density at radius 1 is 1.39 bits per heavy atom. The lowest BCUT2D eigenvalue weighted by Crippen LogP contribution is -2.31. The number of likely N-dealkylation sites (N-methyl/N-ethyl adjacent to an activating group) is 1. The van der Waals surface area contributed by atoms with Gasteiger partial charge in [0, 0.05) is 23.2 Å². The Morgan fingerprint density at radius 2 is 2.17 bits per heavy atom. The highest BCUT2D eigenvalue weighted by Crippen LogP contribution is 2.13. The third-order valence-corrected chi connectivity index (χ3v) is 4.16. The molecule has 1 aromatic carbocycles. The first-order valence-corrected chi connectivity index (χ1v) is 8.08. The van der Waals surface area contributed by atoms with Gasteiger partial charge in [-0.1, -0.05) is 6.07 Å². The molecule has 0 atom stereocenters. The van der Waals surface area contributed by atoms with Gasteiger partial charge in [-0.15, -0.1) is 11.3 Å². The van der Waals surface area contributed by atoms with E-state index in [1.165, 1.54) is 11.3 Å². The Kier molecular flexibility index (Phi) is 5.70. The second kappa shape index (κ2) is 7.73. The van der Waals surface area contributed by atoms with Crippen molar-refractivity contribution in [2.24, 2.45) is 4.99 Å². The van der Waals surface area contributed by atoms with Crippen LogP contribution in [0.25, 0.3) is 0 Å². The minimum atomic E-state index is -0.365. The Balaban J connectivity index is 2.32. The van der Waals surface area contributed by atoms with Gasteiger partial charge in [-0.25, -0.2) is 0 Å². The third kappa shape index (κ3) is 4.29.